The van der Waals surface area contributed by atoms with Gasteiger partial charge in [0.1, 0.15) is 12.7 Å². The van der Waals surface area contributed by atoms with Gasteiger partial charge in [0.2, 0.25) is 0 Å². The highest BCUT2D eigenvalue weighted by atomic mass is 16.6. The molecule has 0 fully saturated rings. The fourth-order valence-corrected chi connectivity index (χ4v) is 1.23. The Hall–Kier alpha value is -1.66. The Morgan fingerprint density at radius 2 is 1.33 bits per heavy atom. The van der Waals surface area contributed by atoms with Gasteiger partial charge in [-0.15, -0.1) is 0 Å². The topological polar surface area (TPSA) is 71.1 Å². The summed E-state index contributed by atoms with van der Waals surface area (Å²) < 4.78 is 20.8. The van der Waals surface area contributed by atoms with E-state index in [0.717, 1.165) is 12.2 Å². The maximum absolute atomic E-state index is 11.0. The van der Waals surface area contributed by atoms with E-state index in [1.165, 1.54) is 0 Å². The maximum Gasteiger partial charge on any atom is 0.330 e. The van der Waals surface area contributed by atoms with Gasteiger partial charge in [0.25, 0.3) is 0 Å². The van der Waals surface area contributed by atoms with Gasteiger partial charge in [-0.3, -0.25) is 0 Å². The van der Waals surface area contributed by atoms with E-state index < -0.39 is 11.9 Å². The van der Waals surface area contributed by atoms with Gasteiger partial charge in [0.15, 0.2) is 0 Å². The quantitative estimate of drug-likeness (QED) is 0.427. The van der Waals surface area contributed by atoms with Crippen molar-refractivity contribution in [1.29, 1.82) is 0 Å². The first-order valence-corrected chi connectivity index (χ1v) is 6.74. The summed E-state index contributed by atoms with van der Waals surface area (Å²) >= 11 is 0. The van der Waals surface area contributed by atoms with Gasteiger partial charge in [0, 0.05) is 12.2 Å². The van der Waals surface area contributed by atoms with Crippen LogP contribution in [-0.2, 0) is 28.5 Å². The van der Waals surface area contributed by atoms with Crippen molar-refractivity contribution in [2.45, 2.75) is 39.1 Å². The number of ether oxygens (including phenoxy) is 4. The zero-order chi connectivity index (χ0) is 16.3. The molecular formula is C15H24O6. The lowest BCUT2D eigenvalue weighted by molar-refractivity contribution is -0.148. The highest BCUT2D eigenvalue weighted by Crippen LogP contribution is 2.01. The molecule has 120 valence electrons. The average Bonchev–Trinajstić information content (AvgIpc) is 2.47. The van der Waals surface area contributed by atoms with Crippen LogP contribution in [-0.4, -0.2) is 50.1 Å². The van der Waals surface area contributed by atoms with Crippen molar-refractivity contribution >= 4 is 11.9 Å². The summed E-state index contributed by atoms with van der Waals surface area (Å²) in [6.45, 7) is 12.7. The summed E-state index contributed by atoms with van der Waals surface area (Å²) in [5.74, 6) is -0.958. The molecule has 0 saturated carbocycles. The van der Waals surface area contributed by atoms with Crippen molar-refractivity contribution in [2.75, 3.05) is 19.8 Å². The molecule has 0 unspecified atom stereocenters. The van der Waals surface area contributed by atoms with Crippen LogP contribution < -0.4 is 0 Å². The fourth-order valence-electron chi connectivity index (χ4n) is 1.23. The second-order valence-electron chi connectivity index (χ2n) is 4.57. The molecule has 0 aromatic carbocycles. The predicted molar refractivity (Wildman–Crippen MR) is 77.7 cm³/mol. The van der Waals surface area contributed by atoms with Gasteiger partial charge in [-0.2, -0.15) is 0 Å². The SMILES string of the molecule is C=CC(=O)OC[C@H](C)OC[C@@H](C)OC[C@@H](C)OC(=O)C=C. The predicted octanol–water partition coefficient (Wildman–Crippen LogP) is 1.64. The third-order valence-corrected chi connectivity index (χ3v) is 2.34. The minimum atomic E-state index is -0.479. The molecule has 0 radical (unpaired) electrons. The Kier molecular flexibility index (Phi) is 10.2. The van der Waals surface area contributed by atoms with E-state index in [1.54, 1.807) is 13.8 Å². The van der Waals surface area contributed by atoms with Crippen molar-refractivity contribution in [2.24, 2.45) is 0 Å². The van der Waals surface area contributed by atoms with Crippen molar-refractivity contribution in [3.8, 4) is 0 Å². The largest absolute Gasteiger partial charge is 0.460 e. The number of hydrogen-bond donors (Lipinski definition) is 0. The smallest absolute Gasteiger partial charge is 0.330 e. The van der Waals surface area contributed by atoms with Crippen LogP contribution in [0.2, 0.25) is 0 Å². The lowest BCUT2D eigenvalue weighted by atomic mass is 10.4. The molecule has 0 aromatic rings. The second kappa shape index (κ2) is 11.0. The molecule has 21 heavy (non-hydrogen) atoms. The van der Waals surface area contributed by atoms with Crippen molar-refractivity contribution < 1.29 is 28.5 Å². The Bertz CT molecular complexity index is 352. The highest BCUT2D eigenvalue weighted by molar-refractivity contribution is 5.81. The average molecular weight is 300 g/mol. The molecule has 0 heterocycles. The lowest BCUT2D eigenvalue weighted by Gasteiger charge is -2.19. The van der Waals surface area contributed by atoms with E-state index in [9.17, 15) is 9.59 Å². The van der Waals surface area contributed by atoms with E-state index in [0.29, 0.717) is 6.61 Å². The van der Waals surface area contributed by atoms with Crippen molar-refractivity contribution in [3.63, 3.8) is 0 Å². The highest BCUT2D eigenvalue weighted by Gasteiger charge is 2.12. The van der Waals surface area contributed by atoms with Gasteiger partial charge in [-0.05, 0) is 20.8 Å². The first kappa shape index (κ1) is 19.3. The fraction of sp³-hybridized carbons (Fsp3) is 0.600. The van der Waals surface area contributed by atoms with Crippen molar-refractivity contribution in [1.82, 2.24) is 0 Å². The molecule has 0 aliphatic heterocycles. The van der Waals surface area contributed by atoms with Crippen LogP contribution in [0, 0.1) is 0 Å². The molecular weight excluding hydrogens is 276 g/mol. The van der Waals surface area contributed by atoms with Crippen LogP contribution in [0.1, 0.15) is 20.8 Å². The minimum Gasteiger partial charge on any atom is -0.460 e. The van der Waals surface area contributed by atoms with Crippen LogP contribution in [0.4, 0.5) is 0 Å². The first-order chi connectivity index (χ1) is 9.88. The molecule has 6 heteroatoms. The Balaban J connectivity index is 3.76. The van der Waals surface area contributed by atoms with Crippen LogP contribution in [0.3, 0.4) is 0 Å². The van der Waals surface area contributed by atoms with E-state index in [-0.39, 0.29) is 31.5 Å². The van der Waals surface area contributed by atoms with E-state index in [2.05, 4.69) is 13.2 Å². The molecule has 0 N–H and O–H groups in total. The second-order valence-corrected chi connectivity index (χ2v) is 4.57. The number of carbonyl (C=O) groups excluding carboxylic acids is 2. The van der Waals surface area contributed by atoms with Gasteiger partial charge < -0.3 is 18.9 Å². The molecule has 0 saturated heterocycles. The summed E-state index contributed by atoms with van der Waals surface area (Å²) in [7, 11) is 0. The maximum atomic E-state index is 11.0. The molecule has 0 bridgehead atoms. The van der Waals surface area contributed by atoms with Crippen LogP contribution in [0.15, 0.2) is 25.3 Å². The summed E-state index contributed by atoms with van der Waals surface area (Å²) in [4.78, 5) is 21.8. The number of hydrogen-bond acceptors (Lipinski definition) is 6. The normalized spacial score (nSPS) is 14.6. The van der Waals surface area contributed by atoms with E-state index in [4.69, 9.17) is 18.9 Å². The molecule has 0 aliphatic carbocycles. The summed E-state index contributed by atoms with van der Waals surface area (Å²) in [6, 6.07) is 0. The van der Waals surface area contributed by atoms with Gasteiger partial charge in [-0.25, -0.2) is 9.59 Å². The van der Waals surface area contributed by atoms with Gasteiger partial charge in [-0.1, -0.05) is 13.2 Å². The van der Waals surface area contributed by atoms with Crippen LogP contribution in [0.5, 0.6) is 0 Å². The third-order valence-electron chi connectivity index (χ3n) is 2.34. The van der Waals surface area contributed by atoms with Crippen LogP contribution >= 0.6 is 0 Å². The zero-order valence-corrected chi connectivity index (χ0v) is 12.9. The third kappa shape index (κ3) is 10.8. The minimum absolute atomic E-state index is 0.158. The van der Waals surface area contributed by atoms with E-state index in [1.807, 2.05) is 6.92 Å². The summed E-state index contributed by atoms with van der Waals surface area (Å²) in [5, 5.41) is 0. The van der Waals surface area contributed by atoms with Crippen LogP contribution in [0.25, 0.3) is 0 Å². The number of carbonyl (C=O) groups is 2. The molecule has 3 atom stereocenters. The Morgan fingerprint density at radius 3 is 1.86 bits per heavy atom. The molecule has 0 amide bonds. The van der Waals surface area contributed by atoms with Gasteiger partial charge in [0.05, 0.1) is 25.4 Å². The Labute approximate surface area is 125 Å². The molecule has 0 rings (SSSR count). The zero-order valence-electron chi connectivity index (χ0n) is 12.9. The standard InChI is InChI=1S/C15H24O6/c1-6-14(16)20-9-12(4)18-8-11(3)19-10-13(5)21-15(17)7-2/h6-7,11-13H,1-2,8-10H2,3-5H3/t11-,12+,13-/m1/s1. The summed E-state index contributed by atoms with van der Waals surface area (Å²) in [6.07, 6.45) is 1.44. The van der Waals surface area contributed by atoms with E-state index >= 15 is 0 Å². The lowest BCUT2D eigenvalue weighted by Crippen LogP contribution is -2.27. The monoisotopic (exact) mass is 300 g/mol. The molecule has 6 nitrogen and oxygen atoms in total. The summed E-state index contributed by atoms with van der Waals surface area (Å²) in [5.41, 5.74) is 0. The van der Waals surface area contributed by atoms with Gasteiger partial charge >= 0.3 is 11.9 Å². The number of rotatable bonds is 11. The molecule has 0 spiro atoms. The first-order valence-electron chi connectivity index (χ1n) is 6.74. The molecule has 0 aromatic heterocycles. The Morgan fingerprint density at radius 1 is 0.857 bits per heavy atom. The van der Waals surface area contributed by atoms with Crippen molar-refractivity contribution in [3.05, 3.63) is 25.3 Å². The number of esters is 2. The molecule has 0 aliphatic rings.